The second-order valence-corrected chi connectivity index (χ2v) is 12.8. The minimum Gasteiger partial charge on any atom is -0.493 e. The molecule has 0 aromatic heterocycles. The molecule has 5 rings (SSSR count). The van der Waals surface area contributed by atoms with Gasteiger partial charge in [-0.2, -0.15) is 8.42 Å². The van der Waals surface area contributed by atoms with Gasteiger partial charge < -0.3 is 8.92 Å². The van der Waals surface area contributed by atoms with Crippen LogP contribution in [0.2, 0.25) is 5.02 Å². The van der Waals surface area contributed by atoms with Crippen molar-refractivity contribution >= 4 is 50.6 Å². The molecular weight excluding hydrogens is 616 g/mol. The third-order valence-electron chi connectivity index (χ3n) is 6.64. The van der Waals surface area contributed by atoms with E-state index in [9.17, 15) is 13.2 Å². The Morgan fingerprint density at radius 2 is 1.61 bits per heavy atom. The SMILES string of the molecule is C=CCc1cc(/C=C2/SC(=NCc3ccccc3)N(Cc3ccccc3)C2=O)cc(OC)c1OS(=O)(=O)c1ccc(Cl)cc1. The Bertz CT molecular complexity index is 1830. The van der Waals surface area contributed by atoms with E-state index in [0.29, 0.717) is 45.7 Å². The summed E-state index contributed by atoms with van der Waals surface area (Å²) in [6.45, 7) is 4.61. The lowest BCUT2D eigenvalue weighted by Gasteiger charge is -2.16. The highest BCUT2D eigenvalue weighted by Gasteiger charge is 2.33. The van der Waals surface area contributed by atoms with Crippen molar-refractivity contribution in [3.05, 3.63) is 142 Å². The first-order valence-electron chi connectivity index (χ1n) is 13.6. The van der Waals surface area contributed by atoms with Gasteiger partial charge in [0.15, 0.2) is 16.7 Å². The fraction of sp³-hybridized carbons (Fsp3) is 0.118. The van der Waals surface area contributed by atoms with Crippen LogP contribution in [0.3, 0.4) is 0 Å². The zero-order chi connectivity index (χ0) is 31.1. The molecule has 10 heteroatoms. The second-order valence-electron chi connectivity index (χ2n) is 9.77. The number of thioether (sulfide) groups is 1. The van der Waals surface area contributed by atoms with Crippen LogP contribution in [-0.2, 0) is 34.4 Å². The molecule has 4 aromatic carbocycles. The molecule has 0 N–H and O–H groups in total. The van der Waals surface area contributed by atoms with Gasteiger partial charge in [-0.1, -0.05) is 78.3 Å². The van der Waals surface area contributed by atoms with Gasteiger partial charge in [0.25, 0.3) is 5.91 Å². The number of nitrogens with zero attached hydrogens (tertiary/aromatic N) is 2. The number of amides is 1. The Labute approximate surface area is 266 Å². The van der Waals surface area contributed by atoms with Gasteiger partial charge in [0.1, 0.15) is 4.90 Å². The Morgan fingerprint density at radius 1 is 0.955 bits per heavy atom. The number of allylic oxidation sites excluding steroid dienone is 1. The van der Waals surface area contributed by atoms with Crippen molar-refractivity contribution in [2.75, 3.05) is 7.11 Å². The molecule has 0 unspecified atom stereocenters. The molecule has 1 saturated heterocycles. The zero-order valence-electron chi connectivity index (χ0n) is 23.9. The molecule has 0 spiro atoms. The number of rotatable bonds is 11. The van der Waals surface area contributed by atoms with Gasteiger partial charge in [-0.05, 0) is 77.3 Å². The highest BCUT2D eigenvalue weighted by Crippen LogP contribution is 2.39. The average molecular weight is 645 g/mol. The zero-order valence-corrected chi connectivity index (χ0v) is 26.2. The van der Waals surface area contributed by atoms with Crippen LogP contribution >= 0.6 is 23.4 Å². The maximum absolute atomic E-state index is 13.7. The molecule has 1 aliphatic rings. The highest BCUT2D eigenvalue weighted by atomic mass is 35.5. The molecule has 0 saturated carbocycles. The standard InChI is InChI=1S/C34H29ClN2O5S2/c1-3-10-27-19-26(20-30(41-2)32(27)42-44(39,40)29-17-15-28(35)16-18-29)21-31-33(38)37(23-25-13-8-5-9-14-25)34(43-31)36-22-24-11-6-4-7-12-24/h3-9,11-21H,1,10,22-23H2,2H3/b31-21+,36-34?. The topological polar surface area (TPSA) is 85.3 Å². The molecule has 0 radical (unpaired) electrons. The lowest BCUT2D eigenvalue weighted by molar-refractivity contribution is -0.122. The van der Waals surface area contributed by atoms with E-state index in [0.717, 1.165) is 11.1 Å². The van der Waals surface area contributed by atoms with E-state index in [1.54, 1.807) is 29.2 Å². The molecule has 1 aliphatic heterocycles. The van der Waals surface area contributed by atoms with Crippen molar-refractivity contribution in [1.29, 1.82) is 0 Å². The van der Waals surface area contributed by atoms with Gasteiger partial charge in [0.2, 0.25) is 0 Å². The molecule has 44 heavy (non-hydrogen) atoms. The molecular formula is C34H29ClN2O5S2. The number of methoxy groups -OCH3 is 1. The van der Waals surface area contributed by atoms with Crippen LogP contribution in [0.4, 0.5) is 0 Å². The van der Waals surface area contributed by atoms with Gasteiger partial charge in [-0.15, -0.1) is 6.58 Å². The first-order valence-corrected chi connectivity index (χ1v) is 16.2. The van der Waals surface area contributed by atoms with Crippen molar-refractivity contribution in [2.24, 2.45) is 4.99 Å². The number of ether oxygens (including phenoxy) is 1. The fourth-order valence-electron chi connectivity index (χ4n) is 4.50. The number of benzene rings is 4. The highest BCUT2D eigenvalue weighted by molar-refractivity contribution is 8.18. The summed E-state index contributed by atoms with van der Waals surface area (Å²) < 4.78 is 37.4. The fourth-order valence-corrected chi connectivity index (χ4v) is 6.58. The van der Waals surface area contributed by atoms with Crippen molar-refractivity contribution in [2.45, 2.75) is 24.4 Å². The smallest absolute Gasteiger partial charge is 0.339 e. The monoisotopic (exact) mass is 644 g/mol. The lowest BCUT2D eigenvalue weighted by Crippen LogP contribution is -2.28. The molecule has 1 fully saturated rings. The number of carbonyl (C=O) groups excluding carboxylic acids is 1. The lowest BCUT2D eigenvalue weighted by atomic mass is 10.1. The summed E-state index contributed by atoms with van der Waals surface area (Å²) in [4.78, 5) is 20.6. The molecule has 7 nitrogen and oxygen atoms in total. The van der Waals surface area contributed by atoms with Crippen molar-refractivity contribution in [1.82, 2.24) is 4.90 Å². The molecule has 0 bridgehead atoms. The third kappa shape index (κ3) is 7.42. The van der Waals surface area contributed by atoms with Crippen LogP contribution < -0.4 is 8.92 Å². The van der Waals surface area contributed by atoms with Crippen LogP contribution in [-0.4, -0.2) is 31.5 Å². The Hall–Kier alpha value is -4.31. The van der Waals surface area contributed by atoms with E-state index >= 15 is 0 Å². The summed E-state index contributed by atoms with van der Waals surface area (Å²) in [5.74, 6) is 0.0644. The normalized spacial score (nSPS) is 15.1. The van der Waals surface area contributed by atoms with E-state index in [1.807, 2.05) is 60.7 Å². The predicted octanol–water partition coefficient (Wildman–Crippen LogP) is 7.52. The Kier molecular flexibility index (Phi) is 9.89. The van der Waals surface area contributed by atoms with Crippen molar-refractivity contribution in [3.63, 3.8) is 0 Å². The summed E-state index contributed by atoms with van der Waals surface area (Å²) in [7, 11) is -2.76. The summed E-state index contributed by atoms with van der Waals surface area (Å²) >= 11 is 7.22. The molecule has 4 aromatic rings. The molecule has 1 amide bonds. The molecule has 0 aliphatic carbocycles. The molecule has 224 valence electrons. The average Bonchev–Trinajstić information content (AvgIpc) is 3.31. The Balaban J connectivity index is 1.49. The summed E-state index contributed by atoms with van der Waals surface area (Å²) in [5, 5.41) is 1.00. The third-order valence-corrected chi connectivity index (χ3v) is 9.17. The number of halogens is 1. The van der Waals surface area contributed by atoms with E-state index in [2.05, 4.69) is 6.58 Å². The summed E-state index contributed by atoms with van der Waals surface area (Å²) in [5.41, 5.74) is 3.18. The number of hydrogen-bond acceptors (Lipinski definition) is 7. The maximum atomic E-state index is 13.7. The summed E-state index contributed by atoms with van der Waals surface area (Å²) in [6.07, 6.45) is 3.69. The van der Waals surface area contributed by atoms with Gasteiger partial charge in [0.05, 0.1) is 25.1 Å². The number of hydrogen-bond donors (Lipinski definition) is 0. The maximum Gasteiger partial charge on any atom is 0.339 e. The molecule has 0 atom stereocenters. The van der Waals surface area contributed by atoms with Crippen molar-refractivity contribution in [3.8, 4) is 11.5 Å². The van der Waals surface area contributed by atoms with E-state index in [1.165, 1.54) is 43.1 Å². The first kappa shape index (κ1) is 31.1. The summed E-state index contributed by atoms with van der Waals surface area (Å²) in [6, 6.07) is 28.7. The minimum atomic E-state index is -4.19. The van der Waals surface area contributed by atoms with Gasteiger partial charge in [-0.3, -0.25) is 14.7 Å². The van der Waals surface area contributed by atoms with E-state index in [4.69, 9.17) is 25.5 Å². The van der Waals surface area contributed by atoms with Crippen LogP contribution in [0.5, 0.6) is 11.5 Å². The Morgan fingerprint density at radius 3 is 2.25 bits per heavy atom. The van der Waals surface area contributed by atoms with Gasteiger partial charge in [0, 0.05) is 10.6 Å². The van der Waals surface area contributed by atoms with Crippen LogP contribution in [0, 0.1) is 0 Å². The van der Waals surface area contributed by atoms with Crippen LogP contribution in [0.1, 0.15) is 22.3 Å². The second kappa shape index (κ2) is 14.0. The van der Waals surface area contributed by atoms with Crippen LogP contribution in [0.15, 0.2) is 125 Å². The molecule has 1 heterocycles. The largest absolute Gasteiger partial charge is 0.493 e. The number of carbonyl (C=O) groups is 1. The van der Waals surface area contributed by atoms with Crippen molar-refractivity contribution < 1.29 is 22.1 Å². The number of aliphatic imine (C=N–C) groups is 1. The van der Waals surface area contributed by atoms with Gasteiger partial charge in [-0.25, -0.2) is 0 Å². The number of amidine groups is 1. The van der Waals surface area contributed by atoms with Crippen LogP contribution in [0.25, 0.3) is 6.08 Å². The predicted molar refractivity (Wildman–Crippen MR) is 176 cm³/mol. The van der Waals surface area contributed by atoms with E-state index in [-0.39, 0.29) is 22.3 Å². The first-order chi connectivity index (χ1) is 21.3. The van der Waals surface area contributed by atoms with E-state index < -0.39 is 10.1 Å². The quantitative estimate of drug-likeness (QED) is 0.0954. The minimum absolute atomic E-state index is 0.0470. The van der Waals surface area contributed by atoms with Gasteiger partial charge >= 0.3 is 10.1 Å².